The molecular formula is C24H37N5O3. The van der Waals surface area contributed by atoms with Crippen LogP contribution in [0.25, 0.3) is 11.5 Å². The molecule has 2 aromatic rings. The maximum Gasteiger partial charge on any atom is 0.239 e. The molecule has 0 saturated carbocycles. The van der Waals surface area contributed by atoms with Crippen LogP contribution in [-0.4, -0.2) is 60.3 Å². The summed E-state index contributed by atoms with van der Waals surface area (Å²) in [5.41, 5.74) is 2.53. The predicted molar refractivity (Wildman–Crippen MR) is 127 cm³/mol. The van der Waals surface area contributed by atoms with Crippen LogP contribution in [0, 0.1) is 0 Å². The molecule has 0 fully saturated rings. The van der Waals surface area contributed by atoms with Crippen molar-refractivity contribution in [2.45, 2.75) is 59.4 Å². The van der Waals surface area contributed by atoms with E-state index in [0.29, 0.717) is 30.5 Å². The number of anilines is 1. The first-order valence-corrected chi connectivity index (χ1v) is 11.3. The molecule has 0 radical (unpaired) electrons. The van der Waals surface area contributed by atoms with E-state index in [9.17, 15) is 4.79 Å². The van der Waals surface area contributed by atoms with Crippen molar-refractivity contribution < 1.29 is 14.3 Å². The van der Waals surface area contributed by atoms with Gasteiger partial charge in [0.2, 0.25) is 5.91 Å². The molecule has 8 nitrogen and oxygen atoms in total. The van der Waals surface area contributed by atoms with Crippen molar-refractivity contribution in [1.82, 2.24) is 20.3 Å². The Kier molecular flexibility index (Phi) is 9.38. The number of pyridine rings is 1. The molecule has 176 valence electrons. The van der Waals surface area contributed by atoms with Gasteiger partial charge in [-0.15, -0.1) is 0 Å². The van der Waals surface area contributed by atoms with E-state index in [4.69, 9.17) is 19.4 Å². The van der Waals surface area contributed by atoms with E-state index in [0.717, 1.165) is 36.3 Å². The number of ether oxygens (including phenoxy) is 2. The van der Waals surface area contributed by atoms with E-state index < -0.39 is 0 Å². The Balaban J connectivity index is 0.00000176. The van der Waals surface area contributed by atoms with Crippen LogP contribution in [0.3, 0.4) is 0 Å². The zero-order valence-corrected chi connectivity index (χ0v) is 20.5. The zero-order valence-electron chi connectivity index (χ0n) is 20.5. The van der Waals surface area contributed by atoms with Crippen molar-refractivity contribution in [3.63, 3.8) is 0 Å². The molecule has 0 unspecified atom stereocenters. The number of amides is 1. The average molecular weight is 444 g/mol. The summed E-state index contributed by atoms with van der Waals surface area (Å²) in [6, 6.07) is 3.64. The van der Waals surface area contributed by atoms with E-state index in [1.165, 1.54) is 0 Å². The number of nitrogens with one attached hydrogen (secondary N) is 1. The summed E-state index contributed by atoms with van der Waals surface area (Å²) in [7, 11) is 3.53. The van der Waals surface area contributed by atoms with Gasteiger partial charge in [0.05, 0.1) is 13.2 Å². The second kappa shape index (κ2) is 11.8. The van der Waals surface area contributed by atoms with Gasteiger partial charge >= 0.3 is 0 Å². The van der Waals surface area contributed by atoms with Crippen LogP contribution in [0.4, 0.5) is 5.82 Å². The summed E-state index contributed by atoms with van der Waals surface area (Å²) in [5, 5.41) is 3.00. The lowest BCUT2D eigenvalue weighted by atomic mass is 10.1. The van der Waals surface area contributed by atoms with Crippen molar-refractivity contribution in [2.24, 2.45) is 0 Å². The Labute approximate surface area is 191 Å². The molecule has 2 heterocycles. The highest BCUT2D eigenvalue weighted by atomic mass is 16.5. The molecule has 8 heteroatoms. The number of likely N-dealkylation sites (N-methyl/N-ethyl adjacent to an activating group) is 1. The van der Waals surface area contributed by atoms with Gasteiger partial charge in [-0.3, -0.25) is 9.78 Å². The fourth-order valence-corrected chi connectivity index (χ4v) is 3.46. The van der Waals surface area contributed by atoms with Gasteiger partial charge in [0.1, 0.15) is 23.9 Å². The molecule has 1 amide bonds. The minimum absolute atomic E-state index is 0.0384. The van der Waals surface area contributed by atoms with Crippen molar-refractivity contribution >= 4 is 11.7 Å². The highest BCUT2D eigenvalue weighted by molar-refractivity contribution is 5.82. The molecular weight excluding hydrogens is 406 g/mol. The summed E-state index contributed by atoms with van der Waals surface area (Å²) >= 11 is 0. The summed E-state index contributed by atoms with van der Waals surface area (Å²) in [6.07, 6.45) is 4.55. The van der Waals surface area contributed by atoms with Gasteiger partial charge in [-0.05, 0) is 46.1 Å². The molecule has 1 N–H and O–H groups in total. The zero-order chi connectivity index (χ0) is 23.7. The molecule has 3 rings (SSSR count). The van der Waals surface area contributed by atoms with Crippen molar-refractivity contribution in [3.05, 3.63) is 29.6 Å². The minimum atomic E-state index is -0.274. The molecule has 32 heavy (non-hydrogen) atoms. The highest BCUT2D eigenvalue weighted by Gasteiger charge is 2.24. The first-order valence-electron chi connectivity index (χ1n) is 11.3. The number of carbonyl (C=O) groups excluding carboxylic acids is 1. The van der Waals surface area contributed by atoms with Crippen LogP contribution in [-0.2, 0) is 22.4 Å². The predicted octanol–water partition coefficient (Wildman–Crippen LogP) is 3.43. The standard InChI is InChI=1S/C22H31N5O3.C2H6/c1-22(2,3)26-19(28)14-27(4)21-16-7-6-8-17(16)24-20(25-21)18-13-15(9-10-23-18)30-12-11-29-5;1-2/h9-10,13H,6-8,11-12,14H2,1-5H3,(H,26,28);1-2H3. The maximum atomic E-state index is 12.4. The van der Waals surface area contributed by atoms with E-state index >= 15 is 0 Å². The van der Waals surface area contributed by atoms with Crippen LogP contribution < -0.4 is 15.0 Å². The Morgan fingerprint density at radius 3 is 2.62 bits per heavy atom. The normalized spacial score (nSPS) is 12.5. The second-order valence-corrected chi connectivity index (χ2v) is 8.52. The molecule has 0 saturated heterocycles. The summed E-state index contributed by atoms with van der Waals surface area (Å²) < 4.78 is 10.7. The van der Waals surface area contributed by atoms with Gasteiger partial charge in [-0.25, -0.2) is 9.97 Å². The second-order valence-electron chi connectivity index (χ2n) is 8.52. The van der Waals surface area contributed by atoms with Crippen LogP contribution >= 0.6 is 0 Å². The fourth-order valence-electron chi connectivity index (χ4n) is 3.46. The SMILES string of the molecule is CC.COCCOc1ccnc(-c2nc3c(c(N(C)CC(=O)NC(C)(C)C)n2)CCC3)c1. The Hall–Kier alpha value is -2.74. The molecule has 0 aromatic carbocycles. The first-order chi connectivity index (χ1) is 15.3. The van der Waals surface area contributed by atoms with Crippen LogP contribution in [0.1, 0.15) is 52.3 Å². The smallest absolute Gasteiger partial charge is 0.239 e. The summed E-state index contributed by atoms with van der Waals surface area (Å²) in [6.45, 7) is 11.1. The topological polar surface area (TPSA) is 89.5 Å². The van der Waals surface area contributed by atoms with E-state index in [2.05, 4.69) is 10.3 Å². The first kappa shape index (κ1) is 25.5. The Morgan fingerprint density at radius 1 is 1.19 bits per heavy atom. The third-order valence-corrected chi connectivity index (χ3v) is 4.68. The number of carbonyl (C=O) groups is 1. The van der Waals surface area contributed by atoms with Crippen molar-refractivity contribution in [2.75, 3.05) is 38.8 Å². The molecule has 1 aliphatic rings. The van der Waals surface area contributed by atoms with Crippen LogP contribution in [0.2, 0.25) is 0 Å². The van der Waals surface area contributed by atoms with Crippen LogP contribution in [0.5, 0.6) is 5.75 Å². The number of rotatable bonds is 8. The molecule has 0 spiro atoms. The third kappa shape index (κ3) is 7.15. The summed E-state index contributed by atoms with van der Waals surface area (Å²) in [4.78, 5) is 28.3. The fraction of sp³-hybridized carbons (Fsp3) is 0.583. The quantitative estimate of drug-likeness (QED) is 0.625. The Morgan fingerprint density at radius 2 is 1.94 bits per heavy atom. The molecule has 0 aliphatic heterocycles. The van der Waals surface area contributed by atoms with Gasteiger partial charge in [0.25, 0.3) is 0 Å². The third-order valence-electron chi connectivity index (χ3n) is 4.68. The summed E-state index contributed by atoms with van der Waals surface area (Å²) in [5.74, 6) is 2.00. The lowest BCUT2D eigenvalue weighted by Crippen LogP contribution is -2.45. The van der Waals surface area contributed by atoms with Crippen molar-refractivity contribution in [1.29, 1.82) is 0 Å². The number of fused-ring (bicyclic) bond motifs is 1. The molecule has 0 atom stereocenters. The number of hydrogen-bond acceptors (Lipinski definition) is 7. The van der Waals surface area contributed by atoms with Gasteiger partial charge in [0, 0.05) is 43.2 Å². The van der Waals surface area contributed by atoms with Gasteiger partial charge < -0.3 is 19.7 Å². The highest BCUT2D eigenvalue weighted by Crippen LogP contribution is 2.31. The van der Waals surface area contributed by atoms with Gasteiger partial charge in [-0.1, -0.05) is 13.8 Å². The monoisotopic (exact) mass is 443 g/mol. The number of methoxy groups -OCH3 is 1. The number of aryl methyl sites for hydroxylation is 1. The number of aromatic nitrogens is 3. The number of hydrogen-bond donors (Lipinski definition) is 1. The van der Waals surface area contributed by atoms with Gasteiger partial charge in [-0.2, -0.15) is 0 Å². The minimum Gasteiger partial charge on any atom is -0.491 e. The maximum absolute atomic E-state index is 12.4. The molecule has 1 aliphatic carbocycles. The average Bonchev–Trinajstić information content (AvgIpc) is 3.22. The largest absolute Gasteiger partial charge is 0.491 e. The Bertz CT molecular complexity index is 896. The van der Waals surface area contributed by atoms with E-state index in [1.54, 1.807) is 19.4 Å². The molecule has 0 bridgehead atoms. The van der Waals surface area contributed by atoms with Crippen molar-refractivity contribution in [3.8, 4) is 17.3 Å². The molecule has 2 aromatic heterocycles. The lowest BCUT2D eigenvalue weighted by Gasteiger charge is -2.25. The van der Waals surface area contributed by atoms with Gasteiger partial charge in [0.15, 0.2) is 5.82 Å². The lowest BCUT2D eigenvalue weighted by molar-refractivity contribution is -0.121. The van der Waals surface area contributed by atoms with E-state index in [1.807, 2.05) is 52.6 Å². The van der Waals surface area contributed by atoms with Crippen LogP contribution in [0.15, 0.2) is 18.3 Å². The number of nitrogens with zero attached hydrogens (tertiary/aromatic N) is 4. The van der Waals surface area contributed by atoms with E-state index in [-0.39, 0.29) is 18.0 Å².